The molecule has 4 heteroatoms. The van der Waals surface area contributed by atoms with E-state index in [1.807, 2.05) is 24.1 Å². The van der Waals surface area contributed by atoms with Crippen LogP contribution in [0, 0.1) is 6.92 Å². The number of likely N-dealkylation sites (N-methyl/N-ethyl adjacent to an activating group) is 1. The molecule has 1 unspecified atom stereocenters. The number of aromatic amines is 1. The summed E-state index contributed by atoms with van der Waals surface area (Å²) in [6.45, 7) is 3.69. The summed E-state index contributed by atoms with van der Waals surface area (Å²) in [4.78, 5) is 17.6. The maximum absolute atomic E-state index is 12.4. The SMILES string of the molecule is CNC1CCN(C(=O)c2cc3cc(C)ccc3[nH]2)C1. The Kier molecular flexibility index (Phi) is 3.03. The van der Waals surface area contributed by atoms with Gasteiger partial charge in [0.2, 0.25) is 0 Å². The lowest BCUT2D eigenvalue weighted by atomic mass is 10.2. The summed E-state index contributed by atoms with van der Waals surface area (Å²) < 4.78 is 0. The van der Waals surface area contributed by atoms with Crippen LogP contribution in [-0.2, 0) is 0 Å². The monoisotopic (exact) mass is 257 g/mol. The maximum atomic E-state index is 12.4. The number of nitrogens with one attached hydrogen (secondary N) is 2. The topological polar surface area (TPSA) is 48.1 Å². The maximum Gasteiger partial charge on any atom is 0.270 e. The summed E-state index contributed by atoms with van der Waals surface area (Å²) in [6.07, 6.45) is 1.03. The minimum Gasteiger partial charge on any atom is -0.351 e. The molecule has 4 nitrogen and oxygen atoms in total. The lowest BCUT2D eigenvalue weighted by Crippen LogP contribution is -2.33. The van der Waals surface area contributed by atoms with Crippen LogP contribution in [0.4, 0.5) is 0 Å². The van der Waals surface area contributed by atoms with Gasteiger partial charge in [0.1, 0.15) is 5.69 Å². The molecule has 2 N–H and O–H groups in total. The highest BCUT2D eigenvalue weighted by atomic mass is 16.2. The summed E-state index contributed by atoms with van der Waals surface area (Å²) >= 11 is 0. The largest absolute Gasteiger partial charge is 0.351 e. The summed E-state index contributed by atoms with van der Waals surface area (Å²) in [5.74, 6) is 0.103. The quantitative estimate of drug-likeness (QED) is 0.863. The van der Waals surface area contributed by atoms with E-state index in [4.69, 9.17) is 0 Å². The number of carbonyl (C=O) groups excluding carboxylic acids is 1. The number of aryl methyl sites for hydroxylation is 1. The lowest BCUT2D eigenvalue weighted by Gasteiger charge is -2.15. The van der Waals surface area contributed by atoms with Crippen molar-refractivity contribution >= 4 is 16.8 Å². The van der Waals surface area contributed by atoms with Crippen LogP contribution in [0.1, 0.15) is 22.5 Å². The first-order valence-electron chi connectivity index (χ1n) is 6.73. The number of rotatable bonds is 2. The number of benzene rings is 1. The number of H-pyrrole nitrogens is 1. The average Bonchev–Trinajstić information content (AvgIpc) is 3.03. The van der Waals surface area contributed by atoms with Gasteiger partial charge in [-0.15, -0.1) is 0 Å². The first-order chi connectivity index (χ1) is 9.17. The van der Waals surface area contributed by atoms with Crippen LogP contribution in [0.2, 0.25) is 0 Å². The molecule has 100 valence electrons. The van der Waals surface area contributed by atoms with E-state index in [0.717, 1.165) is 30.4 Å². The molecule has 0 spiro atoms. The van der Waals surface area contributed by atoms with Gasteiger partial charge in [0.25, 0.3) is 5.91 Å². The first kappa shape index (κ1) is 12.2. The molecule has 1 atom stereocenters. The Morgan fingerprint density at radius 2 is 2.26 bits per heavy atom. The van der Waals surface area contributed by atoms with Gasteiger partial charge in [-0.05, 0) is 38.6 Å². The van der Waals surface area contributed by atoms with Gasteiger partial charge >= 0.3 is 0 Å². The molecule has 1 fully saturated rings. The van der Waals surface area contributed by atoms with Crippen LogP contribution < -0.4 is 5.32 Å². The number of nitrogens with zero attached hydrogens (tertiary/aromatic N) is 1. The average molecular weight is 257 g/mol. The molecule has 1 aliphatic rings. The van der Waals surface area contributed by atoms with E-state index < -0.39 is 0 Å². The second kappa shape index (κ2) is 4.70. The number of carbonyl (C=O) groups is 1. The van der Waals surface area contributed by atoms with Gasteiger partial charge in [0, 0.05) is 30.0 Å². The second-order valence-corrected chi connectivity index (χ2v) is 5.30. The highest BCUT2D eigenvalue weighted by molar-refractivity contribution is 5.98. The fourth-order valence-corrected chi connectivity index (χ4v) is 2.72. The van der Waals surface area contributed by atoms with Crippen molar-refractivity contribution < 1.29 is 4.79 Å². The number of aromatic nitrogens is 1. The fraction of sp³-hybridized carbons (Fsp3) is 0.400. The van der Waals surface area contributed by atoms with Crippen LogP contribution >= 0.6 is 0 Å². The summed E-state index contributed by atoms with van der Waals surface area (Å²) in [6, 6.07) is 8.57. The van der Waals surface area contributed by atoms with Gasteiger partial charge in [-0.3, -0.25) is 4.79 Å². The van der Waals surface area contributed by atoms with E-state index in [2.05, 4.69) is 29.4 Å². The third-order valence-electron chi connectivity index (χ3n) is 3.89. The molecule has 1 aliphatic heterocycles. The lowest BCUT2D eigenvalue weighted by molar-refractivity contribution is 0.0785. The Morgan fingerprint density at radius 1 is 1.42 bits per heavy atom. The Balaban J connectivity index is 1.86. The van der Waals surface area contributed by atoms with Crippen molar-refractivity contribution in [3.63, 3.8) is 0 Å². The van der Waals surface area contributed by atoms with Crippen molar-refractivity contribution in [3.05, 3.63) is 35.5 Å². The molecule has 1 aromatic heterocycles. The third-order valence-corrected chi connectivity index (χ3v) is 3.89. The second-order valence-electron chi connectivity index (χ2n) is 5.30. The van der Waals surface area contributed by atoms with Crippen LogP contribution in [0.15, 0.2) is 24.3 Å². The molecular weight excluding hydrogens is 238 g/mol. The number of hydrogen-bond donors (Lipinski definition) is 2. The van der Waals surface area contributed by atoms with Gasteiger partial charge < -0.3 is 15.2 Å². The zero-order valence-electron chi connectivity index (χ0n) is 11.4. The van der Waals surface area contributed by atoms with Gasteiger partial charge in [0.05, 0.1) is 0 Å². The molecule has 19 heavy (non-hydrogen) atoms. The summed E-state index contributed by atoms with van der Waals surface area (Å²) in [5, 5.41) is 4.33. The predicted octanol–water partition coefficient (Wildman–Crippen LogP) is 1.91. The van der Waals surface area contributed by atoms with E-state index in [0.29, 0.717) is 11.7 Å². The van der Waals surface area contributed by atoms with Crippen LogP contribution in [0.5, 0.6) is 0 Å². The Morgan fingerprint density at radius 3 is 3.00 bits per heavy atom. The minimum atomic E-state index is 0.103. The van der Waals surface area contributed by atoms with Crippen molar-refractivity contribution in [2.45, 2.75) is 19.4 Å². The van der Waals surface area contributed by atoms with E-state index in [1.165, 1.54) is 5.56 Å². The van der Waals surface area contributed by atoms with E-state index in [-0.39, 0.29) is 5.91 Å². The van der Waals surface area contributed by atoms with E-state index in [9.17, 15) is 4.79 Å². The van der Waals surface area contributed by atoms with E-state index in [1.54, 1.807) is 0 Å². The van der Waals surface area contributed by atoms with Crippen molar-refractivity contribution in [1.29, 1.82) is 0 Å². The van der Waals surface area contributed by atoms with E-state index >= 15 is 0 Å². The summed E-state index contributed by atoms with van der Waals surface area (Å²) in [7, 11) is 1.95. The fourth-order valence-electron chi connectivity index (χ4n) is 2.72. The number of amides is 1. The van der Waals surface area contributed by atoms with Gasteiger partial charge in [-0.1, -0.05) is 11.6 Å². The third kappa shape index (κ3) is 2.24. The van der Waals surface area contributed by atoms with Crippen LogP contribution in [0.3, 0.4) is 0 Å². The van der Waals surface area contributed by atoms with Crippen molar-refractivity contribution in [1.82, 2.24) is 15.2 Å². The number of likely N-dealkylation sites (tertiary alicyclic amines) is 1. The predicted molar refractivity (Wildman–Crippen MR) is 76.4 cm³/mol. The highest BCUT2D eigenvalue weighted by Gasteiger charge is 2.26. The van der Waals surface area contributed by atoms with Crippen LogP contribution in [0.25, 0.3) is 10.9 Å². The van der Waals surface area contributed by atoms with Gasteiger partial charge in [-0.25, -0.2) is 0 Å². The van der Waals surface area contributed by atoms with Gasteiger partial charge in [-0.2, -0.15) is 0 Å². The Bertz CT molecular complexity index is 617. The molecule has 3 rings (SSSR count). The molecule has 0 aliphatic carbocycles. The molecule has 1 amide bonds. The Labute approximate surface area is 112 Å². The molecule has 1 aromatic carbocycles. The molecule has 0 bridgehead atoms. The number of hydrogen-bond acceptors (Lipinski definition) is 2. The first-order valence-corrected chi connectivity index (χ1v) is 6.73. The molecule has 1 saturated heterocycles. The Hall–Kier alpha value is -1.81. The normalized spacial score (nSPS) is 19.3. The van der Waals surface area contributed by atoms with Crippen molar-refractivity contribution in [2.75, 3.05) is 20.1 Å². The molecular formula is C15H19N3O. The minimum absolute atomic E-state index is 0.103. The molecule has 0 saturated carbocycles. The smallest absolute Gasteiger partial charge is 0.270 e. The molecule has 0 radical (unpaired) electrons. The zero-order chi connectivity index (χ0) is 13.4. The van der Waals surface area contributed by atoms with Gasteiger partial charge in [0.15, 0.2) is 0 Å². The van der Waals surface area contributed by atoms with Crippen molar-refractivity contribution in [2.24, 2.45) is 0 Å². The molecule has 2 aromatic rings. The van der Waals surface area contributed by atoms with Crippen LogP contribution in [-0.4, -0.2) is 42.0 Å². The molecule has 2 heterocycles. The highest BCUT2D eigenvalue weighted by Crippen LogP contribution is 2.19. The zero-order valence-corrected chi connectivity index (χ0v) is 11.4. The standard InChI is InChI=1S/C15H19N3O/c1-10-3-4-13-11(7-10)8-14(17-13)15(19)18-6-5-12(9-18)16-2/h3-4,7-8,12,16-17H,5-6,9H2,1-2H3. The summed E-state index contributed by atoms with van der Waals surface area (Å²) in [5.41, 5.74) is 2.93. The number of fused-ring (bicyclic) bond motifs is 1. The van der Waals surface area contributed by atoms with Crippen molar-refractivity contribution in [3.8, 4) is 0 Å².